The van der Waals surface area contributed by atoms with Crippen LogP contribution in [0.4, 0.5) is 0 Å². The van der Waals surface area contributed by atoms with E-state index in [4.69, 9.17) is 56.8 Å². The number of carbonyl (C=O) groups is 2. The van der Waals surface area contributed by atoms with E-state index in [0.29, 0.717) is 92.1 Å². The van der Waals surface area contributed by atoms with Gasteiger partial charge in [0.15, 0.2) is 0 Å². The Labute approximate surface area is 438 Å². The fourth-order valence-corrected chi connectivity index (χ4v) is 8.37. The molecule has 0 N–H and O–H groups in total. The molecule has 2 aliphatic heterocycles. The lowest BCUT2D eigenvalue weighted by Crippen LogP contribution is -2.46. The highest BCUT2D eigenvalue weighted by molar-refractivity contribution is 5.81. The van der Waals surface area contributed by atoms with Gasteiger partial charge in [-0.3, -0.25) is 0 Å². The van der Waals surface area contributed by atoms with Crippen LogP contribution in [0.25, 0.3) is 0 Å². The summed E-state index contributed by atoms with van der Waals surface area (Å²) in [7, 11) is 0. The van der Waals surface area contributed by atoms with Crippen LogP contribution in [-0.2, 0) is 83.0 Å². The monoisotopic (exact) mass is 1020 g/mol. The number of rotatable bonds is 38. The van der Waals surface area contributed by atoms with Crippen molar-refractivity contribution in [3.05, 3.63) is 96.1 Å². The van der Waals surface area contributed by atoms with E-state index < -0.39 is 46.6 Å². The van der Waals surface area contributed by atoms with E-state index in [0.717, 1.165) is 36.1 Å². The van der Waals surface area contributed by atoms with Gasteiger partial charge >= 0.3 is 11.9 Å². The second-order valence-corrected chi connectivity index (χ2v) is 22.6. The molecule has 14 heteroatoms. The zero-order valence-electron chi connectivity index (χ0n) is 46.7. The summed E-state index contributed by atoms with van der Waals surface area (Å²) >= 11 is 0. The van der Waals surface area contributed by atoms with E-state index in [1.807, 2.05) is 27.7 Å². The molecule has 73 heavy (non-hydrogen) atoms. The van der Waals surface area contributed by atoms with Gasteiger partial charge in [0.05, 0.1) is 128 Å². The van der Waals surface area contributed by atoms with Crippen molar-refractivity contribution >= 4 is 11.9 Å². The van der Waals surface area contributed by atoms with Gasteiger partial charge in [-0.25, -0.2) is 9.59 Å². The Morgan fingerprint density at radius 3 is 1.14 bits per heavy atom. The first-order valence-corrected chi connectivity index (χ1v) is 26.3. The van der Waals surface area contributed by atoms with Gasteiger partial charge in [-0.2, -0.15) is 0 Å². The van der Waals surface area contributed by atoms with Gasteiger partial charge in [0, 0.05) is 28.4 Å². The Morgan fingerprint density at radius 2 is 0.836 bits per heavy atom. The zero-order valence-corrected chi connectivity index (χ0v) is 46.7. The second-order valence-electron chi connectivity index (χ2n) is 22.6. The molecule has 0 spiro atoms. The van der Waals surface area contributed by atoms with Crippen LogP contribution in [0.15, 0.2) is 73.8 Å². The Balaban J connectivity index is 1.16. The van der Waals surface area contributed by atoms with Gasteiger partial charge in [-0.15, -0.1) is 0 Å². The molecule has 2 aromatic carbocycles. The molecule has 2 heterocycles. The molecular weight excluding hydrogens is 933 g/mol. The van der Waals surface area contributed by atoms with E-state index in [-0.39, 0.29) is 42.7 Å². The number of carbonyl (C=O) groups excluding carboxylic acids is 2. The van der Waals surface area contributed by atoms with Gasteiger partial charge in [0.25, 0.3) is 0 Å². The summed E-state index contributed by atoms with van der Waals surface area (Å²) in [5.41, 5.74) is 2.53. The van der Waals surface area contributed by atoms with Gasteiger partial charge in [0.2, 0.25) is 0 Å². The normalized spacial score (nSPS) is 16.7. The summed E-state index contributed by atoms with van der Waals surface area (Å²) in [4.78, 5) is 23.9. The average molecular weight is 1030 g/mol. The molecule has 2 saturated heterocycles. The van der Waals surface area contributed by atoms with Gasteiger partial charge < -0.3 is 56.8 Å². The van der Waals surface area contributed by atoms with Crippen LogP contribution in [0.5, 0.6) is 0 Å². The van der Waals surface area contributed by atoms with E-state index in [2.05, 4.69) is 117 Å². The smallest absolute Gasteiger partial charge is 0.330 e. The van der Waals surface area contributed by atoms with Crippen LogP contribution in [0, 0.1) is 10.8 Å². The molecule has 0 aromatic heterocycles. The minimum Gasteiger partial charge on any atom is -0.454 e. The first kappa shape index (κ1) is 62.0. The molecule has 0 amide bonds. The topological polar surface area (TPSA) is 145 Å². The molecule has 2 aromatic rings. The van der Waals surface area contributed by atoms with Crippen molar-refractivity contribution in [2.24, 2.45) is 10.8 Å². The Morgan fingerprint density at radius 1 is 0.507 bits per heavy atom. The highest BCUT2D eigenvalue weighted by Gasteiger charge is 2.38. The lowest BCUT2D eigenvalue weighted by molar-refractivity contribution is -0.168. The van der Waals surface area contributed by atoms with Crippen LogP contribution < -0.4 is 0 Å². The van der Waals surface area contributed by atoms with E-state index >= 15 is 0 Å². The van der Waals surface area contributed by atoms with Gasteiger partial charge in [-0.05, 0) is 103 Å². The predicted octanol–water partition coefficient (Wildman–Crippen LogP) is 10.0. The Bertz CT molecular complexity index is 1810. The molecule has 412 valence electrons. The van der Waals surface area contributed by atoms with E-state index in [1.54, 1.807) is 0 Å². The maximum atomic E-state index is 11.9. The standard InChI is InChI=1S/C59H92O14/c1-15-51(60)72-49(37-64-39-58(17-3)41-66-42-58)35-62-31-33-68-53(5,6)27-29-70-56(11,12)47-23-19-45(20-24-47)55(9,10)46-21-25-48(26-22-46)57(13,14)71-30-28-54(7,8)69-34-32-63-36-50(73-52(61)16-2)38-65-40-59(18-4)43-67-44-59/h15-16,19-26,49-50H,1-2,17-18,27-44H2,3-14H3. The maximum Gasteiger partial charge on any atom is 0.330 e. The van der Waals surface area contributed by atoms with Crippen molar-refractivity contribution in [1.29, 1.82) is 0 Å². The first-order valence-electron chi connectivity index (χ1n) is 26.3. The second kappa shape index (κ2) is 28.6. The minimum atomic E-state index is -0.545. The highest BCUT2D eigenvalue weighted by atomic mass is 16.6. The van der Waals surface area contributed by atoms with Crippen LogP contribution in [0.3, 0.4) is 0 Å². The quantitative estimate of drug-likeness (QED) is 0.0357. The molecule has 4 rings (SSSR count). The molecule has 2 fully saturated rings. The molecule has 0 aliphatic carbocycles. The van der Waals surface area contributed by atoms with Crippen molar-refractivity contribution in [2.75, 3.05) is 106 Å². The Hall–Kier alpha value is -3.54. The average Bonchev–Trinajstić information content (AvgIpc) is 3.32. The largest absolute Gasteiger partial charge is 0.454 e. The van der Waals surface area contributed by atoms with Gasteiger partial charge in [-0.1, -0.05) is 89.4 Å². The van der Waals surface area contributed by atoms with Crippen LogP contribution in [0.2, 0.25) is 0 Å². The first-order chi connectivity index (χ1) is 34.4. The number of esters is 2. The molecule has 0 saturated carbocycles. The number of hydrogen-bond acceptors (Lipinski definition) is 14. The lowest BCUT2D eigenvalue weighted by Gasteiger charge is -2.40. The molecule has 2 aliphatic rings. The Kier molecular flexibility index (Phi) is 24.3. The summed E-state index contributed by atoms with van der Waals surface area (Å²) < 4.78 is 70.6. The van der Waals surface area contributed by atoms with Crippen molar-refractivity contribution in [1.82, 2.24) is 0 Å². The zero-order chi connectivity index (χ0) is 53.8. The fraction of sp³-hybridized carbons (Fsp3) is 0.695. The molecule has 0 radical (unpaired) electrons. The number of hydrogen-bond donors (Lipinski definition) is 0. The molecule has 2 atom stereocenters. The lowest BCUT2D eigenvalue weighted by atomic mass is 9.77. The summed E-state index contributed by atoms with van der Waals surface area (Å²) in [5, 5.41) is 0. The minimum absolute atomic E-state index is 0.0414. The number of ether oxygens (including phenoxy) is 12. The summed E-state index contributed by atoms with van der Waals surface area (Å²) in [6.45, 7) is 39.5. The van der Waals surface area contributed by atoms with Crippen LogP contribution >= 0.6 is 0 Å². The maximum absolute atomic E-state index is 11.9. The molecule has 2 unspecified atom stereocenters. The predicted molar refractivity (Wildman–Crippen MR) is 283 cm³/mol. The summed E-state index contributed by atoms with van der Waals surface area (Å²) in [5.74, 6) is -1.02. The number of benzene rings is 2. The van der Waals surface area contributed by atoms with Crippen molar-refractivity contribution in [3.63, 3.8) is 0 Å². The third-order valence-corrected chi connectivity index (χ3v) is 14.4. The SMILES string of the molecule is C=CC(=O)OC(COCCOC(C)(C)CCOC(C)(C)c1ccc(C(C)(C)c2ccc(C(C)(C)OCCC(C)(C)OCCOCC(COCC3(CC)COC3)OC(=O)C=C)cc2)cc1)COCC1(CC)COC1. The third-order valence-electron chi connectivity index (χ3n) is 14.4. The van der Waals surface area contributed by atoms with Crippen molar-refractivity contribution < 1.29 is 66.4 Å². The molecule has 14 nitrogen and oxygen atoms in total. The van der Waals surface area contributed by atoms with Gasteiger partial charge in [0.1, 0.15) is 12.2 Å². The summed E-state index contributed by atoms with van der Waals surface area (Å²) in [6, 6.07) is 17.5. The summed E-state index contributed by atoms with van der Waals surface area (Å²) in [6.07, 6.45) is 4.51. The fourth-order valence-electron chi connectivity index (χ4n) is 8.37. The van der Waals surface area contributed by atoms with Crippen molar-refractivity contribution in [2.45, 2.75) is 149 Å². The van der Waals surface area contributed by atoms with Crippen LogP contribution in [0.1, 0.15) is 131 Å². The highest BCUT2D eigenvalue weighted by Crippen LogP contribution is 2.36. The molecular formula is C59H92O14. The van der Waals surface area contributed by atoms with E-state index in [9.17, 15) is 9.59 Å². The van der Waals surface area contributed by atoms with Crippen molar-refractivity contribution in [3.8, 4) is 0 Å². The molecule has 0 bridgehead atoms. The third kappa shape index (κ3) is 20.2. The van der Waals surface area contributed by atoms with Crippen LogP contribution in [-0.4, -0.2) is 141 Å². The van der Waals surface area contributed by atoms with E-state index in [1.165, 1.54) is 11.1 Å².